The Balaban J connectivity index is 1.83. The topological polar surface area (TPSA) is 54.0 Å². The van der Waals surface area contributed by atoms with Crippen molar-refractivity contribution in [3.05, 3.63) is 28.8 Å². The number of unbranched alkanes of at least 4 members (excludes halogenated alkanes) is 1. The number of ether oxygens (including phenoxy) is 4. The number of hydrogen-bond acceptors (Lipinski definition) is 5. The second-order valence-corrected chi connectivity index (χ2v) is 4.84. The Hall–Kier alpha value is -1.72. The van der Waals surface area contributed by atoms with Crippen LogP contribution < -0.4 is 9.47 Å². The van der Waals surface area contributed by atoms with E-state index < -0.39 is 0 Å². The number of esters is 1. The minimum absolute atomic E-state index is 0.158. The van der Waals surface area contributed by atoms with E-state index in [1.807, 2.05) is 0 Å². The van der Waals surface area contributed by atoms with Crippen LogP contribution >= 0.6 is 11.6 Å². The highest BCUT2D eigenvalue weighted by Gasteiger charge is 2.17. The van der Waals surface area contributed by atoms with Crippen LogP contribution in [0.4, 0.5) is 0 Å². The molecule has 1 heterocycles. The number of halogens is 1. The van der Waals surface area contributed by atoms with Crippen molar-refractivity contribution in [2.75, 3.05) is 27.1 Å². The van der Waals surface area contributed by atoms with Crippen LogP contribution in [0.3, 0.4) is 0 Å². The van der Waals surface area contributed by atoms with Gasteiger partial charge < -0.3 is 18.9 Å². The maximum atomic E-state index is 11.5. The van der Waals surface area contributed by atoms with Gasteiger partial charge in [-0.1, -0.05) is 11.6 Å². The summed E-state index contributed by atoms with van der Waals surface area (Å²) in [7, 11) is 1.64. The molecule has 0 amide bonds. The number of benzene rings is 1. The predicted molar refractivity (Wildman–Crippen MR) is 78.7 cm³/mol. The summed E-state index contributed by atoms with van der Waals surface area (Å²) >= 11 is 6.06. The molecule has 1 aliphatic rings. The molecule has 0 saturated carbocycles. The second-order valence-electron chi connectivity index (χ2n) is 4.44. The van der Waals surface area contributed by atoms with Crippen LogP contribution in [-0.4, -0.2) is 33.1 Å². The highest BCUT2D eigenvalue weighted by molar-refractivity contribution is 6.32. The van der Waals surface area contributed by atoms with Gasteiger partial charge in [-0.2, -0.15) is 0 Å². The van der Waals surface area contributed by atoms with E-state index in [1.54, 1.807) is 25.3 Å². The van der Waals surface area contributed by atoms with Gasteiger partial charge in [0.15, 0.2) is 11.5 Å². The van der Waals surface area contributed by atoms with Crippen molar-refractivity contribution in [3.63, 3.8) is 0 Å². The molecule has 1 aromatic carbocycles. The molecule has 6 heteroatoms. The number of hydrogen-bond donors (Lipinski definition) is 0. The zero-order valence-electron chi connectivity index (χ0n) is 11.8. The third kappa shape index (κ3) is 4.65. The molecule has 5 nitrogen and oxygen atoms in total. The second kappa shape index (κ2) is 7.90. The molecule has 0 N–H and O–H groups in total. The Bertz CT molecular complexity index is 527. The molecule has 0 bridgehead atoms. The van der Waals surface area contributed by atoms with Crippen LogP contribution in [-0.2, 0) is 14.3 Å². The average Bonchev–Trinajstić information content (AvgIpc) is 2.94. The quantitative estimate of drug-likeness (QED) is 0.440. The first kappa shape index (κ1) is 15.7. The summed E-state index contributed by atoms with van der Waals surface area (Å²) in [6.07, 6.45) is 4.64. The first-order chi connectivity index (χ1) is 10.2. The lowest BCUT2D eigenvalue weighted by Gasteiger charge is -2.02. The maximum absolute atomic E-state index is 11.5. The lowest BCUT2D eigenvalue weighted by Crippen LogP contribution is -2.03. The predicted octanol–water partition coefficient (Wildman–Crippen LogP) is 3.05. The van der Waals surface area contributed by atoms with Crippen LogP contribution in [0.5, 0.6) is 11.5 Å². The molecular weight excluding hydrogens is 296 g/mol. The van der Waals surface area contributed by atoms with E-state index in [2.05, 4.69) is 0 Å². The van der Waals surface area contributed by atoms with Gasteiger partial charge >= 0.3 is 5.97 Å². The van der Waals surface area contributed by atoms with Crippen molar-refractivity contribution in [1.29, 1.82) is 0 Å². The van der Waals surface area contributed by atoms with Crippen LogP contribution in [0.1, 0.15) is 18.4 Å². The Morgan fingerprint density at radius 2 is 2.14 bits per heavy atom. The largest absolute Gasteiger partial charge is 0.463 e. The molecule has 0 fully saturated rings. The summed E-state index contributed by atoms with van der Waals surface area (Å²) in [6, 6.07) is 3.47. The summed E-state index contributed by atoms with van der Waals surface area (Å²) in [5.41, 5.74) is 0.751. The molecular formula is C15H17ClO5. The molecule has 0 unspecified atom stereocenters. The summed E-state index contributed by atoms with van der Waals surface area (Å²) in [4.78, 5) is 11.5. The van der Waals surface area contributed by atoms with Gasteiger partial charge in [0.05, 0.1) is 11.6 Å². The van der Waals surface area contributed by atoms with E-state index >= 15 is 0 Å². The van der Waals surface area contributed by atoms with Crippen molar-refractivity contribution < 1.29 is 23.7 Å². The smallest absolute Gasteiger partial charge is 0.330 e. The summed E-state index contributed by atoms with van der Waals surface area (Å²) in [6.45, 7) is 1.21. The molecule has 21 heavy (non-hydrogen) atoms. The molecule has 0 aromatic heterocycles. The van der Waals surface area contributed by atoms with E-state index in [0.29, 0.717) is 29.7 Å². The number of rotatable bonds is 7. The molecule has 0 aliphatic carbocycles. The van der Waals surface area contributed by atoms with E-state index in [0.717, 1.165) is 18.4 Å². The van der Waals surface area contributed by atoms with Crippen molar-refractivity contribution >= 4 is 23.6 Å². The van der Waals surface area contributed by atoms with Gasteiger partial charge in [0.2, 0.25) is 6.79 Å². The Morgan fingerprint density at radius 1 is 1.33 bits per heavy atom. The van der Waals surface area contributed by atoms with Gasteiger partial charge in [-0.05, 0) is 36.6 Å². The number of fused-ring (bicyclic) bond motifs is 1. The standard InChI is InChI=1S/C15H17ClO5/c1-18-6-2-3-7-19-14(17)5-4-11-8-12(16)15-13(9-11)20-10-21-15/h4-5,8-9H,2-3,6-7,10H2,1H3. The van der Waals surface area contributed by atoms with E-state index in [-0.39, 0.29) is 12.8 Å². The van der Waals surface area contributed by atoms with Crippen LogP contribution in [0, 0.1) is 0 Å². The molecule has 1 aromatic rings. The van der Waals surface area contributed by atoms with Crippen molar-refractivity contribution in [2.24, 2.45) is 0 Å². The van der Waals surface area contributed by atoms with Crippen molar-refractivity contribution in [2.45, 2.75) is 12.8 Å². The van der Waals surface area contributed by atoms with Crippen LogP contribution in [0.25, 0.3) is 6.08 Å². The first-order valence-electron chi connectivity index (χ1n) is 6.63. The fraction of sp³-hybridized carbons (Fsp3) is 0.400. The van der Waals surface area contributed by atoms with E-state index in [1.165, 1.54) is 6.08 Å². The van der Waals surface area contributed by atoms with Crippen molar-refractivity contribution in [1.82, 2.24) is 0 Å². The molecule has 0 saturated heterocycles. The third-order valence-electron chi connectivity index (χ3n) is 2.85. The van der Waals surface area contributed by atoms with E-state index in [9.17, 15) is 4.79 Å². The van der Waals surface area contributed by atoms with Gasteiger partial charge in [0.1, 0.15) is 0 Å². The minimum Gasteiger partial charge on any atom is -0.463 e. The van der Waals surface area contributed by atoms with Gasteiger partial charge in [-0.25, -0.2) is 4.79 Å². The van der Waals surface area contributed by atoms with Gasteiger partial charge in [0, 0.05) is 19.8 Å². The van der Waals surface area contributed by atoms with Crippen LogP contribution in [0.15, 0.2) is 18.2 Å². The molecule has 0 spiro atoms. The fourth-order valence-corrected chi connectivity index (χ4v) is 2.09. The monoisotopic (exact) mass is 312 g/mol. The zero-order valence-corrected chi connectivity index (χ0v) is 12.5. The van der Waals surface area contributed by atoms with Gasteiger partial charge in [-0.3, -0.25) is 0 Å². The third-order valence-corrected chi connectivity index (χ3v) is 3.13. The Labute approximate surface area is 128 Å². The fourth-order valence-electron chi connectivity index (χ4n) is 1.82. The number of carbonyl (C=O) groups excluding carboxylic acids is 1. The maximum Gasteiger partial charge on any atom is 0.330 e. The van der Waals surface area contributed by atoms with Crippen molar-refractivity contribution in [3.8, 4) is 11.5 Å². The summed E-state index contributed by atoms with van der Waals surface area (Å²) < 4.78 is 20.5. The first-order valence-corrected chi connectivity index (χ1v) is 7.01. The molecule has 1 aliphatic heterocycles. The molecule has 2 rings (SSSR count). The SMILES string of the molecule is COCCCCOC(=O)C=Cc1cc(Cl)c2c(c1)OCO2. The summed E-state index contributed by atoms with van der Waals surface area (Å²) in [5.74, 6) is 0.728. The number of methoxy groups -OCH3 is 1. The van der Waals surface area contributed by atoms with E-state index in [4.69, 9.17) is 30.5 Å². The minimum atomic E-state index is -0.388. The Kier molecular flexibility index (Phi) is 5.90. The lowest BCUT2D eigenvalue weighted by molar-refractivity contribution is -0.137. The lowest BCUT2D eigenvalue weighted by atomic mass is 10.2. The zero-order chi connectivity index (χ0) is 15.1. The highest BCUT2D eigenvalue weighted by atomic mass is 35.5. The highest BCUT2D eigenvalue weighted by Crippen LogP contribution is 2.40. The normalized spacial score (nSPS) is 12.9. The van der Waals surface area contributed by atoms with Gasteiger partial charge in [-0.15, -0.1) is 0 Å². The summed E-state index contributed by atoms with van der Waals surface area (Å²) in [5, 5.41) is 0.456. The molecule has 0 radical (unpaired) electrons. The molecule has 114 valence electrons. The number of carbonyl (C=O) groups is 1. The van der Waals surface area contributed by atoms with Gasteiger partial charge in [0.25, 0.3) is 0 Å². The average molecular weight is 313 g/mol. The Morgan fingerprint density at radius 3 is 2.95 bits per heavy atom. The van der Waals surface area contributed by atoms with Crippen LogP contribution in [0.2, 0.25) is 5.02 Å². The molecule has 0 atom stereocenters.